The average molecular weight is 202 g/mol. The fourth-order valence-electron chi connectivity index (χ4n) is 3.74. The molecular weight excluding hydrogens is 188 g/mol. The zero-order chi connectivity index (χ0) is 10.1. The molecule has 3 aliphatic rings. The first kappa shape index (κ1) is 8.31. The van der Waals surface area contributed by atoms with E-state index >= 15 is 0 Å². The second kappa shape index (κ2) is 2.28. The van der Waals surface area contributed by atoms with Crippen LogP contribution in [0.2, 0.25) is 0 Å². The van der Waals surface area contributed by atoms with E-state index in [-0.39, 0.29) is 17.3 Å². The Hall–Kier alpha value is -0.860. The van der Waals surface area contributed by atoms with Crippen LogP contribution in [0.25, 0.3) is 0 Å². The molecule has 0 aromatic heterocycles. The fraction of sp³-hybridized carbons (Fsp3) is 0.538. The van der Waals surface area contributed by atoms with Crippen molar-refractivity contribution in [1.29, 1.82) is 0 Å². The van der Waals surface area contributed by atoms with Gasteiger partial charge in [0.1, 0.15) is 11.2 Å². The molecule has 1 N–H and O–H groups in total. The summed E-state index contributed by atoms with van der Waals surface area (Å²) in [4.78, 5) is 0. The molecule has 1 aromatic rings. The minimum atomic E-state index is -0.318. The molecule has 1 aliphatic heterocycles. The van der Waals surface area contributed by atoms with E-state index in [0.717, 1.165) is 25.7 Å². The molecule has 1 saturated carbocycles. The van der Waals surface area contributed by atoms with Crippen LogP contribution in [0.5, 0.6) is 0 Å². The number of fused-ring (bicyclic) bond motifs is 1. The Bertz CT molecular complexity index is 442. The summed E-state index contributed by atoms with van der Waals surface area (Å²) in [5, 5.41) is 10.1. The van der Waals surface area contributed by atoms with Gasteiger partial charge in [0.25, 0.3) is 0 Å². The lowest BCUT2D eigenvalue weighted by Crippen LogP contribution is -2.32. The molecule has 2 heteroatoms. The molecule has 0 amide bonds. The maximum atomic E-state index is 10.1. The van der Waals surface area contributed by atoms with Crippen LogP contribution in [0.3, 0.4) is 0 Å². The van der Waals surface area contributed by atoms with Gasteiger partial charge in [0.15, 0.2) is 0 Å². The molecule has 0 radical (unpaired) electrons. The lowest BCUT2D eigenvalue weighted by atomic mass is 9.76. The second-order valence-electron chi connectivity index (χ2n) is 5.04. The maximum absolute atomic E-state index is 10.1. The van der Waals surface area contributed by atoms with E-state index in [1.165, 1.54) is 11.1 Å². The summed E-state index contributed by atoms with van der Waals surface area (Å²) < 4.78 is 5.98. The van der Waals surface area contributed by atoms with Crippen molar-refractivity contribution < 1.29 is 9.84 Å². The first-order valence-electron chi connectivity index (χ1n) is 5.75. The van der Waals surface area contributed by atoms with Crippen LogP contribution in [0.15, 0.2) is 24.3 Å². The zero-order valence-corrected chi connectivity index (χ0v) is 8.57. The Labute approximate surface area is 88.9 Å². The summed E-state index contributed by atoms with van der Waals surface area (Å²) in [6, 6.07) is 8.42. The lowest BCUT2D eigenvalue weighted by Gasteiger charge is -2.24. The standard InChI is InChI=1S/C13H14O2/c14-11-6-8-12-7-5-9-3-1-2-4-10(9)13(11,12)15-12/h1-4,11,14H,5-8H2/t11-,12+,13-/m1/s1. The first-order chi connectivity index (χ1) is 7.29. The highest BCUT2D eigenvalue weighted by molar-refractivity contribution is 5.47. The molecule has 0 bridgehead atoms. The van der Waals surface area contributed by atoms with E-state index in [1.807, 2.05) is 0 Å². The molecule has 2 aliphatic carbocycles. The average Bonchev–Trinajstić information content (AvgIpc) is 2.90. The van der Waals surface area contributed by atoms with E-state index in [9.17, 15) is 5.11 Å². The van der Waals surface area contributed by atoms with Gasteiger partial charge in [-0.1, -0.05) is 24.3 Å². The monoisotopic (exact) mass is 202 g/mol. The van der Waals surface area contributed by atoms with Crippen molar-refractivity contribution in [2.45, 2.75) is 43.0 Å². The molecule has 0 spiro atoms. The van der Waals surface area contributed by atoms with Gasteiger partial charge >= 0.3 is 0 Å². The number of aryl methyl sites for hydroxylation is 1. The topological polar surface area (TPSA) is 32.8 Å². The number of aliphatic hydroxyl groups is 1. The number of hydrogen-bond acceptors (Lipinski definition) is 2. The number of hydrogen-bond donors (Lipinski definition) is 1. The third kappa shape index (κ3) is 0.734. The van der Waals surface area contributed by atoms with Gasteiger partial charge in [0.05, 0.1) is 6.10 Å². The molecule has 4 rings (SSSR count). The normalized spacial score (nSPS) is 45.5. The SMILES string of the molecule is O[C@@H]1CC[C@@]23CCc4ccccc4[C@@]12O3. The third-order valence-corrected chi connectivity index (χ3v) is 4.50. The molecule has 0 unspecified atom stereocenters. The molecule has 1 aromatic carbocycles. The summed E-state index contributed by atoms with van der Waals surface area (Å²) in [5.74, 6) is 0. The number of benzene rings is 1. The first-order valence-corrected chi connectivity index (χ1v) is 5.75. The minimum absolute atomic E-state index is 0.000764. The van der Waals surface area contributed by atoms with E-state index in [4.69, 9.17) is 4.74 Å². The number of epoxide rings is 1. The zero-order valence-electron chi connectivity index (χ0n) is 8.57. The summed E-state index contributed by atoms with van der Waals surface area (Å²) in [6.45, 7) is 0. The minimum Gasteiger partial charge on any atom is -0.390 e. The fourth-order valence-corrected chi connectivity index (χ4v) is 3.74. The highest BCUT2D eigenvalue weighted by Gasteiger charge is 2.78. The molecule has 2 fully saturated rings. The Kier molecular flexibility index (Phi) is 1.26. The van der Waals surface area contributed by atoms with Crippen molar-refractivity contribution in [3.63, 3.8) is 0 Å². The van der Waals surface area contributed by atoms with Crippen LogP contribution >= 0.6 is 0 Å². The van der Waals surface area contributed by atoms with Crippen LogP contribution in [0.4, 0.5) is 0 Å². The van der Waals surface area contributed by atoms with Gasteiger partial charge < -0.3 is 9.84 Å². The van der Waals surface area contributed by atoms with E-state index in [0.29, 0.717) is 0 Å². The largest absolute Gasteiger partial charge is 0.390 e. The van der Waals surface area contributed by atoms with Crippen molar-refractivity contribution in [3.05, 3.63) is 35.4 Å². The predicted octanol–water partition coefficient (Wildman–Crippen LogP) is 1.75. The highest BCUT2D eigenvalue weighted by Crippen LogP contribution is 2.70. The van der Waals surface area contributed by atoms with E-state index in [1.54, 1.807) is 0 Å². The number of ether oxygens (including phenoxy) is 1. The molecule has 1 heterocycles. The molecule has 2 nitrogen and oxygen atoms in total. The highest BCUT2D eigenvalue weighted by atomic mass is 16.6. The van der Waals surface area contributed by atoms with Crippen molar-refractivity contribution >= 4 is 0 Å². The molecule has 1 saturated heterocycles. The van der Waals surface area contributed by atoms with Crippen LogP contribution < -0.4 is 0 Å². The molecule has 15 heavy (non-hydrogen) atoms. The van der Waals surface area contributed by atoms with Crippen LogP contribution in [0.1, 0.15) is 30.4 Å². The van der Waals surface area contributed by atoms with Gasteiger partial charge in [-0.25, -0.2) is 0 Å². The summed E-state index contributed by atoms with van der Waals surface area (Å²) >= 11 is 0. The number of aliphatic hydroxyl groups excluding tert-OH is 1. The van der Waals surface area contributed by atoms with Gasteiger partial charge in [-0.15, -0.1) is 0 Å². The van der Waals surface area contributed by atoms with Gasteiger partial charge in [0, 0.05) is 0 Å². The number of rotatable bonds is 0. The van der Waals surface area contributed by atoms with Gasteiger partial charge in [-0.05, 0) is 36.8 Å². The van der Waals surface area contributed by atoms with Gasteiger partial charge in [-0.3, -0.25) is 0 Å². The predicted molar refractivity (Wildman–Crippen MR) is 55.5 cm³/mol. The Morgan fingerprint density at radius 3 is 3.07 bits per heavy atom. The Balaban J connectivity index is 1.96. The van der Waals surface area contributed by atoms with Crippen molar-refractivity contribution in [2.24, 2.45) is 0 Å². The van der Waals surface area contributed by atoms with Crippen LogP contribution in [-0.2, 0) is 16.8 Å². The summed E-state index contributed by atoms with van der Waals surface area (Å²) in [7, 11) is 0. The van der Waals surface area contributed by atoms with Crippen LogP contribution in [0, 0.1) is 0 Å². The van der Waals surface area contributed by atoms with E-state index < -0.39 is 0 Å². The molecule has 78 valence electrons. The maximum Gasteiger partial charge on any atom is 0.149 e. The molecule has 3 atom stereocenters. The lowest BCUT2D eigenvalue weighted by molar-refractivity contribution is 0.0610. The Morgan fingerprint density at radius 2 is 2.13 bits per heavy atom. The van der Waals surface area contributed by atoms with Gasteiger partial charge in [-0.2, -0.15) is 0 Å². The van der Waals surface area contributed by atoms with Crippen molar-refractivity contribution in [1.82, 2.24) is 0 Å². The van der Waals surface area contributed by atoms with Crippen molar-refractivity contribution in [2.75, 3.05) is 0 Å². The summed E-state index contributed by atoms with van der Waals surface area (Å²) in [5.41, 5.74) is 2.30. The third-order valence-electron chi connectivity index (χ3n) is 4.50. The van der Waals surface area contributed by atoms with E-state index in [2.05, 4.69) is 24.3 Å². The summed E-state index contributed by atoms with van der Waals surface area (Å²) in [6.07, 6.45) is 3.82. The smallest absolute Gasteiger partial charge is 0.149 e. The second-order valence-corrected chi connectivity index (χ2v) is 5.04. The van der Waals surface area contributed by atoms with Crippen molar-refractivity contribution in [3.8, 4) is 0 Å². The Morgan fingerprint density at radius 1 is 1.27 bits per heavy atom. The van der Waals surface area contributed by atoms with Gasteiger partial charge in [0.2, 0.25) is 0 Å². The molecular formula is C13H14O2. The quantitative estimate of drug-likeness (QED) is 0.650. The van der Waals surface area contributed by atoms with Crippen LogP contribution in [-0.4, -0.2) is 16.8 Å².